The number of halogens is 3. The Morgan fingerprint density at radius 1 is 1.00 bits per heavy atom. The van der Waals surface area contributed by atoms with E-state index in [4.69, 9.17) is 4.74 Å². The molecule has 25 heavy (non-hydrogen) atoms. The minimum atomic E-state index is -4.45. The van der Waals surface area contributed by atoms with Crippen molar-refractivity contribution in [1.82, 2.24) is 0 Å². The molecule has 1 N–H and O–H groups in total. The minimum absolute atomic E-state index is 0.140. The van der Waals surface area contributed by atoms with Crippen LogP contribution in [0.15, 0.2) is 54.6 Å². The van der Waals surface area contributed by atoms with E-state index in [0.717, 1.165) is 17.7 Å². The van der Waals surface area contributed by atoms with Gasteiger partial charge < -0.3 is 10.1 Å². The lowest BCUT2D eigenvalue weighted by atomic mass is 9.73. The molecule has 2 aromatic carbocycles. The van der Waals surface area contributed by atoms with E-state index in [1.54, 1.807) is 0 Å². The van der Waals surface area contributed by atoms with E-state index in [0.29, 0.717) is 26.1 Å². The fraction of sp³-hybridized carbons (Fsp3) is 0.316. The smallest absolute Gasteiger partial charge is 0.381 e. The maximum absolute atomic E-state index is 13.0. The van der Waals surface area contributed by atoms with Crippen LogP contribution in [0.1, 0.15) is 24.0 Å². The lowest BCUT2D eigenvalue weighted by molar-refractivity contribution is -0.137. The summed E-state index contributed by atoms with van der Waals surface area (Å²) in [5.41, 5.74) is -0.594. The van der Waals surface area contributed by atoms with Gasteiger partial charge in [0.05, 0.1) is 11.0 Å². The predicted octanol–water partition coefficient (Wildman–Crippen LogP) is 4.39. The van der Waals surface area contributed by atoms with Gasteiger partial charge in [0.15, 0.2) is 0 Å². The zero-order valence-corrected chi connectivity index (χ0v) is 13.5. The second-order valence-corrected chi connectivity index (χ2v) is 6.09. The third-order valence-corrected chi connectivity index (χ3v) is 4.56. The number of nitrogens with one attached hydrogen (secondary N) is 1. The van der Waals surface area contributed by atoms with E-state index < -0.39 is 17.2 Å². The molecule has 1 heterocycles. The van der Waals surface area contributed by atoms with Crippen molar-refractivity contribution in [2.45, 2.75) is 24.4 Å². The molecule has 3 rings (SSSR count). The van der Waals surface area contributed by atoms with Crippen molar-refractivity contribution in [1.29, 1.82) is 0 Å². The summed E-state index contributed by atoms with van der Waals surface area (Å²) >= 11 is 0. The molecule has 0 aromatic heterocycles. The number of benzene rings is 2. The summed E-state index contributed by atoms with van der Waals surface area (Å²) in [5, 5.41) is 2.67. The van der Waals surface area contributed by atoms with Crippen LogP contribution in [0.25, 0.3) is 0 Å². The zero-order chi connectivity index (χ0) is 17.9. The minimum Gasteiger partial charge on any atom is -0.381 e. The Morgan fingerprint density at radius 3 is 2.32 bits per heavy atom. The summed E-state index contributed by atoms with van der Waals surface area (Å²) in [5.74, 6) is -0.304. The Kier molecular flexibility index (Phi) is 4.81. The molecule has 0 atom stereocenters. The van der Waals surface area contributed by atoms with Crippen LogP contribution in [0.5, 0.6) is 0 Å². The van der Waals surface area contributed by atoms with Crippen LogP contribution in [-0.4, -0.2) is 19.1 Å². The molecule has 1 amide bonds. The highest BCUT2D eigenvalue weighted by molar-refractivity contribution is 5.99. The second-order valence-electron chi connectivity index (χ2n) is 6.09. The summed E-state index contributed by atoms with van der Waals surface area (Å²) in [7, 11) is 0. The van der Waals surface area contributed by atoms with E-state index in [2.05, 4.69) is 5.32 Å². The molecule has 6 heteroatoms. The first kappa shape index (κ1) is 17.5. The van der Waals surface area contributed by atoms with Crippen molar-refractivity contribution >= 4 is 11.6 Å². The molecule has 1 saturated heterocycles. The largest absolute Gasteiger partial charge is 0.416 e. The first-order valence-corrected chi connectivity index (χ1v) is 8.04. The third-order valence-electron chi connectivity index (χ3n) is 4.56. The molecule has 0 saturated carbocycles. The maximum Gasteiger partial charge on any atom is 0.416 e. The van der Waals surface area contributed by atoms with Gasteiger partial charge in [0.2, 0.25) is 5.91 Å². The molecule has 132 valence electrons. The van der Waals surface area contributed by atoms with Gasteiger partial charge in [-0.05, 0) is 36.6 Å². The first-order chi connectivity index (χ1) is 11.9. The first-order valence-electron chi connectivity index (χ1n) is 8.04. The Morgan fingerprint density at radius 2 is 1.68 bits per heavy atom. The molecule has 2 aromatic rings. The van der Waals surface area contributed by atoms with Crippen molar-refractivity contribution < 1.29 is 22.7 Å². The summed E-state index contributed by atoms with van der Waals surface area (Å²) in [6.45, 7) is 0.871. The van der Waals surface area contributed by atoms with Crippen LogP contribution in [0.4, 0.5) is 18.9 Å². The molecule has 0 spiro atoms. The molecule has 0 unspecified atom stereocenters. The number of alkyl halides is 3. The fourth-order valence-corrected chi connectivity index (χ4v) is 3.15. The number of rotatable bonds is 3. The zero-order valence-electron chi connectivity index (χ0n) is 13.5. The number of carbonyl (C=O) groups excluding carboxylic acids is 1. The predicted molar refractivity (Wildman–Crippen MR) is 88.2 cm³/mol. The molecule has 0 radical (unpaired) electrons. The normalized spacial score (nSPS) is 17.1. The Labute approximate surface area is 143 Å². The van der Waals surface area contributed by atoms with Crippen molar-refractivity contribution in [2.24, 2.45) is 0 Å². The summed E-state index contributed by atoms with van der Waals surface area (Å²) in [4.78, 5) is 13.0. The van der Waals surface area contributed by atoms with Gasteiger partial charge in [-0.3, -0.25) is 4.79 Å². The Hall–Kier alpha value is -2.34. The molecule has 1 aliphatic heterocycles. The van der Waals surface area contributed by atoms with Crippen molar-refractivity contribution in [3.8, 4) is 0 Å². The molecule has 3 nitrogen and oxygen atoms in total. The molecular formula is C19H18F3NO2. The van der Waals surface area contributed by atoms with Gasteiger partial charge in [0.25, 0.3) is 0 Å². The van der Waals surface area contributed by atoms with Gasteiger partial charge >= 0.3 is 6.18 Å². The van der Waals surface area contributed by atoms with E-state index in [1.807, 2.05) is 30.3 Å². The van der Waals surface area contributed by atoms with Gasteiger partial charge in [0, 0.05) is 18.9 Å². The monoisotopic (exact) mass is 349 g/mol. The van der Waals surface area contributed by atoms with Gasteiger partial charge in [-0.15, -0.1) is 0 Å². The highest BCUT2D eigenvalue weighted by Crippen LogP contribution is 2.37. The van der Waals surface area contributed by atoms with Crippen LogP contribution in [0.3, 0.4) is 0 Å². The van der Waals surface area contributed by atoms with Gasteiger partial charge in [-0.1, -0.05) is 36.4 Å². The van der Waals surface area contributed by atoms with Crippen LogP contribution < -0.4 is 5.32 Å². The van der Waals surface area contributed by atoms with Gasteiger partial charge in [0.1, 0.15) is 0 Å². The number of anilines is 1. The number of carbonyl (C=O) groups is 1. The lowest BCUT2D eigenvalue weighted by Gasteiger charge is -2.36. The standard InChI is InChI=1S/C19H18F3NO2/c20-19(21,22)15-7-4-8-16(13-15)23-17(24)18(9-11-25-12-10-18)14-5-2-1-3-6-14/h1-8,13H,9-12H2,(H,23,24). The van der Waals surface area contributed by atoms with Crippen molar-refractivity contribution in [2.75, 3.05) is 18.5 Å². The molecular weight excluding hydrogens is 331 g/mol. The average molecular weight is 349 g/mol. The van der Waals surface area contributed by atoms with Crippen LogP contribution in [-0.2, 0) is 21.1 Å². The quantitative estimate of drug-likeness (QED) is 0.892. The van der Waals surface area contributed by atoms with E-state index in [1.165, 1.54) is 12.1 Å². The van der Waals surface area contributed by atoms with E-state index in [9.17, 15) is 18.0 Å². The topological polar surface area (TPSA) is 38.3 Å². The molecule has 0 aliphatic carbocycles. The summed E-state index contributed by atoms with van der Waals surface area (Å²) in [6, 6.07) is 14.0. The number of hydrogen-bond acceptors (Lipinski definition) is 2. The summed E-state index contributed by atoms with van der Waals surface area (Å²) in [6.07, 6.45) is -3.47. The average Bonchev–Trinajstić information content (AvgIpc) is 2.62. The molecule has 1 aliphatic rings. The number of amides is 1. The van der Waals surface area contributed by atoms with Crippen LogP contribution in [0.2, 0.25) is 0 Å². The van der Waals surface area contributed by atoms with Crippen molar-refractivity contribution in [3.63, 3.8) is 0 Å². The van der Waals surface area contributed by atoms with Crippen LogP contribution in [0, 0.1) is 0 Å². The number of hydrogen-bond donors (Lipinski definition) is 1. The van der Waals surface area contributed by atoms with Gasteiger partial charge in [-0.2, -0.15) is 13.2 Å². The highest BCUT2D eigenvalue weighted by atomic mass is 19.4. The fourth-order valence-electron chi connectivity index (χ4n) is 3.15. The maximum atomic E-state index is 13.0. The Bertz CT molecular complexity index is 738. The Balaban J connectivity index is 1.89. The second kappa shape index (κ2) is 6.88. The SMILES string of the molecule is O=C(Nc1cccc(C(F)(F)F)c1)C1(c2ccccc2)CCOCC1. The third kappa shape index (κ3) is 3.69. The summed E-state index contributed by atoms with van der Waals surface area (Å²) < 4.78 is 44.0. The van der Waals surface area contributed by atoms with Gasteiger partial charge in [-0.25, -0.2) is 0 Å². The van der Waals surface area contributed by atoms with Crippen LogP contribution >= 0.6 is 0 Å². The lowest BCUT2D eigenvalue weighted by Crippen LogP contribution is -2.44. The number of ether oxygens (including phenoxy) is 1. The molecule has 0 bridgehead atoms. The van der Waals surface area contributed by atoms with E-state index in [-0.39, 0.29) is 11.6 Å². The van der Waals surface area contributed by atoms with E-state index >= 15 is 0 Å². The van der Waals surface area contributed by atoms with Crippen molar-refractivity contribution in [3.05, 3.63) is 65.7 Å². The molecule has 1 fully saturated rings. The highest BCUT2D eigenvalue weighted by Gasteiger charge is 2.41.